The van der Waals surface area contributed by atoms with E-state index in [0.29, 0.717) is 17.4 Å². The average Bonchev–Trinajstić information content (AvgIpc) is 2.62. The molecular weight excluding hydrogens is 399 g/mol. The third-order valence-electron chi connectivity index (χ3n) is 4.55. The lowest BCUT2D eigenvalue weighted by Gasteiger charge is -2.25. The molecule has 2 saturated heterocycles. The molecule has 148 valence electrons. The number of ether oxygens (including phenoxy) is 2. The summed E-state index contributed by atoms with van der Waals surface area (Å²) in [6.07, 6.45) is 4.66. The molecule has 2 fully saturated rings. The molecule has 26 heavy (non-hydrogen) atoms. The highest BCUT2D eigenvalue weighted by molar-refractivity contribution is 7.89. The number of benzene rings is 1. The van der Waals surface area contributed by atoms with Crippen LogP contribution < -0.4 is 14.8 Å². The van der Waals surface area contributed by atoms with E-state index in [1.165, 1.54) is 6.07 Å². The van der Waals surface area contributed by atoms with E-state index >= 15 is 0 Å². The second kappa shape index (κ2) is 10.1. The summed E-state index contributed by atoms with van der Waals surface area (Å²) < 4.78 is 39.9. The molecule has 3 rings (SSSR count). The van der Waals surface area contributed by atoms with E-state index in [9.17, 15) is 8.42 Å². The molecule has 1 aromatic carbocycles. The van der Waals surface area contributed by atoms with Gasteiger partial charge in [-0.1, -0.05) is 11.6 Å². The fourth-order valence-corrected chi connectivity index (χ4v) is 4.87. The highest BCUT2D eigenvalue weighted by Crippen LogP contribution is 2.28. The van der Waals surface area contributed by atoms with Crippen molar-refractivity contribution in [3.05, 3.63) is 23.2 Å². The number of nitrogens with one attached hydrogen (secondary N) is 2. The third-order valence-corrected chi connectivity index (χ3v) is 6.33. The summed E-state index contributed by atoms with van der Waals surface area (Å²) >= 11 is 6.03. The van der Waals surface area contributed by atoms with Gasteiger partial charge in [0.05, 0.1) is 6.10 Å². The van der Waals surface area contributed by atoms with Crippen molar-refractivity contribution in [2.24, 2.45) is 0 Å². The summed E-state index contributed by atoms with van der Waals surface area (Å²) in [6.45, 7) is 2.70. The zero-order valence-electron chi connectivity index (χ0n) is 14.6. The first-order chi connectivity index (χ1) is 12.0. The molecule has 0 saturated carbocycles. The van der Waals surface area contributed by atoms with Crippen molar-refractivity contribution in [2.75, 3.05) is 26.3 Å². The van der Waals surface area contributed by atoms with Crippen LogP contribution in [0.3, 0.4) is 0 Å². The molecule has 1 aromatic rings. The van der Waals surface area contributed by atoms with Gasteiger partial charge in [0.1, 0.15) is 17.3 Å². The third kappa shape index (κ3) is 5.97. The summed E-state index contributed by atoms with van der Waals surface area (Å²) in [4.78, 5) is 0.0920. The predicted molar refractivity (Wildman–Crippen MR) is 104 cm³/mol. The smallest absolute Gasteiger partial charge is 0.244 e. The zero-order valence-corrected chi connectivity index (χ0v) is 17.0. The SMILES string of the molecule is Cl.O=S(=O)(NC1CCNCC1)c1cc(Cl)ccc1OCC1CCCCO1. The lowest BCUT2D eigenvalue weighted by Crippen LogP contribution is -2.42. The lowest BCUT2D eigenvalue weighted by molar-refractivity contribution is -0.0116. The van der Waals surface area contributed by atoms with Gasteiger partial charge in [-0.25, -0.2) is 13.1 Å². The summed E-state index contributed by atoms with van der Waals surface area (Å²) in [7, 11) is -3.69. The minimum Gasteiger partial charge on any atom is -0.489 e. The Morgan fingerprint density at radius 3 is 2.69 bits per heavy atom. The van der Waals surface area contributed by atoms with Gasteiger partial charge >= 0.3 is 0 Å². The number of halogens is 2. The summed E-state index contributed by atoms with van der Waals surface area (Å²) in [5.74, 6) is 0.319. The van der Waals surface area contributed by atoms with E-state index in [1.807, 2.05) is 0 Å². The first-order valence-electron chi connectivity index (χ1n) is 8.81. The van der Waals surface area contributed by atoms with Gasteiger partial charge in [-0.15, -0.1) is 12.4 Å². The van der Waals surface area contributed by atoms with Gasteiger partial charge < -0.3 is 14.8 Å². The molecule has 6 nitrogen and oxygen atoms in total. The molecule has 2 N–H and O–H groups in total. The van der Waals surface area contributed by atoms with Gasteiger partial charge in [0.15, 0.2) is 0 Å². The predicted octanol–water partition coefficient (Wildman–Crippen LogP) is 2.74. The summed E-state index contributed by atoms with van der Waals surface area (Å²) in [5, 5.41) is 3.59. The van der Waals surface area contributed by atoms with Crippen LogP contribution in [0.15, 0.2) is 23.1 Å². The topological polar surface area (TPSA) is 76.7 Å². The minimum atomic E-state index is -3.69. The summed E-state index contributed by atoms with van der Waals surface area (Å²) in [6, 6.07) is 4.63. The number of rotatable bonds is 6. The molecule has 1 unspecified atom stereocenters. The monoisotopic (exact) mass is 424 g/mol. The molecule has 2 heterocycles. The van der Waals surface area contributed by atoms with E-state index in [-0.39, 0.29) is 29.4 Å². The maximum atomic E-state index is 12.8. The van der Waals surface area contributed by atoms with Crippen molar-refractivity contribution in [3.63, 3.8) is 0 Å². The van der Waals surface area contributed by atoms with Crippen LogP contribution >= 0.6 is 24.0 Å². The molecule has 2 aliphatic rings. The molecular formula is C17H26Cl2N2O4S. The molecule has 0 spiro atoms. The molecule has 0 bridgehead atoms. The van der Waals surface area contributed by atoms with Crippen molar-refractivity contribution < 1.29 is 17.9 Å². The van der Waals surface area contributed by atoms with Crippen LogP contribution in [0.2, 0.25) is 5.02 Å². The highest BCUT2D eigenvalue weighted by Gasteiger charge is 2.26. The molecule has 1 atom stereocenters. The van der Waals surface area contributed by atoms with Crippen LogP contribution in [0.1, 0.15) is 32.1 Å². The van der Waals surface area contributed by atoms with E-state index in [0.717, 1.165) is 51.8 Å². The quantitative estimate of drug-likeness (QED) is 0.733. The molecule has 2 aliphatic heterocycles. The van der Waals surface area contributed by atoms with Crippen molar-refractivity contribution in [1.82, 2.24) is 10.0 Å². The summed E-state index contributed by atoms with van der Waals surface area (Å²) in [5.41, 5.74) is 0. The first-order valence-corrected chi connectivity index (χ1v) is 10.7. The maximum Gasteiger partial charge on any atom is 0.244 e. The van der Waals surface area contributed by atoms with Gasteiger partial charge in [-0.05, 0) is 63.4 Å². The number of hydrogen-bond donors (Lipinski definition) is 2. The second-order valence-corrected chi connectivity index (χ2v) is 8.66. The van der Waals surface area contributed by atoms with Gasteiger partial charge in [-0.3, -0.25) is 0 Å². The number of piperidine rings is 1. The number of hydrogen-bond acceptors (Lipinski definition) is 5. The molecule has 0 aliphatic carbocycles. The van der Waals surface area contributed by atoms with Crippen LogP contribution in [0.5, 0.6) is 5.75 Å². The van der Waals surface area contributed by atoms with Gasteiger partial charge in [0.2, 0.25) is 10.0 Å². The highest BCUT2D eigenvalue weighted by atomic mass is 35.5. The largest absolute Gasteiger partial charge is 0.489 e. The Labute approximate surface area is 166 Å². The van der Waals surface area contributed by atoms with E-state index in [1.54, 1.807) is 12.1 Å². The van der Waals surface area contributed by atoms with Crippen LogP contribution in [0, 0.1) is 0 Å². The molecule has 0 amide bonds. The Balaban J connectivity index is 0.00000243. The van der Waals surface area contributed by atoms with Gasteiger partial charge in [-0.2, -0.15) is 0 Å². The van der Waals surface area contributed by atoms with E-state index in [2.05, 4.69) is 10.0 Å². The molecule has 9 heteroatoms. The molecule has 0 aromatic heterocycles. The van der Waals surface area contributed by atoms with Crippen molar-refractivity contribution in [1.29, 1.82) is 0 Å². The first kappa shape index (κ1) is 21.7. The van der Waals surface area contributed by atoms with Crippen molar-refractivity contribution in [2.45, 2.75) is 49.1 Å². The number of sulfonamides is 1. The van der Waals surface area contributed by atoms with Crippen LogP contribution in [-0.4, -0.2) is 46.9 Å². The zero-order chi connectivity index (χ0) is 17.7. The second-order valence-electron chi connectivity index (χ2n) is 6.54. The fourth-order valence-electron chi connectivity index (χ4n) is 3.16. The van der Waals surface area contributed by atoms with E-state index in [4.69, 9.17) is 21.1 Å². The molecule has 0 radical (unpaired) electrons. The normalized spacial score (nSPS) is 21.8. The van der Waals surface area contributed by atoms with Crippen molar-refractivity contribution >= 4 is 34.0 Å². The minimum absolute atomic E-state index is 0. The Hall–Kier alpha value is -0.570. The Bertz CT molecular complexity index is 675. The average molecular weight is 425 g/mol. The fraction of sp³-hybridized carbons (Fsp3) is 0.647. The van der Waals surface area contributed by atoms with Crippen LogP contribution in [-0.2, 0) is 14.8 Å². The van der Waals surface area contributed by atoms with Crippen molar-refractivity contribution in [3.8, 4) is 5.75 Å². The Kier molecular flexibility index (Phi) is 8.44. The maximum absolute atomic E-state index is 12.8. The van der Waals surface area contributed by atoms with Crippen LogP contribution in [0.4, 0.5) is 0 Å². The van der Waals surface area contributed by atoms with E-state index < -0.39 is 10.0 Å². The van der Waals surface area contributed by atoms with Gasteiger partial charge in [0, 0.05) is 17.7 Å². The lowest BCUT2D eigenvalue weighted by atomic mass is 10.1. The van der Waals surface area contributed by atoms with Crippen LogP contribution in [0.25, 0.3) is 0 Å². The Morgan fingerprint density at radius 2 is 2.00 bits per heavy atom. The Morgan fingerprint density at radius 1 is 1.23 bits per heavy atom. The van der Waals surface area contributed by atoms with Gasteiger partial charge in [0.25, 0.3) is 0 Å². The standard InChI is InChI=1S/C17H25ClN2O4S.ClH/c18-13-4-5-16(24-12-15-3-1-2-10-23-15)17(11-13)25(21,22)20-14-6-8-19-9-7-14;/h4-5,11,14-15,19-20H,1-3,6-10,12H2;1H.